The molecule has 0 amide bonds. The predicted molar refractivity (Wildman–Crippen MR) is 187 cm³/mol. The van der Waals surface area contributed by atoms with Crippen molar-refractivity contribution in [3.8, 4) is 20.9 Å². The number of aryl methyl sites for hydroxylation is 4. The zero-order chi connectivity index (χ0) is 28.9. The van der Waals surface area contributed by atoms with Gasteiger partial charge in [-0.15, -0.1) is 22.7 Å². The Morgan fingerprint density at radius 1 is 0.585 bits per heavy atom. The van der Waals surface area contributed by atoms with Gasteiger partial charge in [-0.25, -0.2) is 9.97 Å². The number of halogens is 2. The van der Waals surface area contributed by atoms with Gasteiger partial charge in [-0.3, -0.25) is 0 Å². The van der Waals surface area contributed by atoms with E-state index in [9.17, 15) is 0 Å². The van der Waals surface area contributed by atoms with E-state index < -0.39 is 0 Å². The molecule has 0 aliphatic heterocycles. The molecule has 0 aliphatic carbocycles. The van der Waals surface area contributed by atoms with Crippen LogP contribution in [0.4, 0.5) is 0 Å². The van der Waals surface area contributed by atoms with Gasteiger partial charge >= 0.3 is 0 Å². The standard InChI is InChI=1S/C32H38Br2N4S3/c1-5-9-11-13-15-21-22(16-14-12-10-6-2)36-28-26(24-18-20(8-4)32(34)40-24)30-29(37-41-38-30)25(27(28)35-21)23-17-19(7-3)31(33)39-23/h17-18H,5-16H2,1-4H3. The first-order valence-electron chi connectivity index (χ1n) is 15.0. The summed E-state index contributed by atoms with van der Waals surface area (Å²) in [6.07, 6.45) is 13.7. The van der Waals surface area contributed by atoms with Gasteiger partial charge in [-0.1, -0.05) is 66.2 Å². The summed E-state index contributed by atoms with van der Waals surface area (Å²) < 4.78 is 12.2. The van der Waals surface area contributed by atoms with E-state index in [4.69, 9.17) is 18.7 Å². The van der Waals surface area contributed by atoms with Gasteiger partial charge in [0, 0.05) is 20.9 Å². The van der Waals surface area contributed by atoms with Crippen molar-refractivity contribution in [2.24, 2.45) is 0 Å². The number of thiophene rings is 2. The lowest BCUT2D eigenvalue weighted by Crippen LogP contribution is -2.05. The van der Waals surface area contributed by atoms with E-state index in [1.54, 1.807) is 22.7 Å². The number of rotatable bonds is 14. The summed E-state index contributed by atoms with van der Waals surface area (Å²) in [6, 6.07) is 4.61. The smallest absolute Gasteiger partial charge is 0.116 e. The number of hydrogen-bond acceptors (Lipinski definition) is 7. The zero-order valence-electron chi connectivity index (χ0n) is 24.4. The number of nitrogens with zero attached hydrogens (tertiary/aromatic N) is 4. The van der Waals surface area contributed by atoms with Crippen molar-refractivity contribution < 1.29 is 0 Å². The minimum absolute atomic E-state index is 0.943. The number of unbranched alkanes of at least 4 members (excludes halogenated alkanes) is 6. The third kappa shape index (κ3) is 6.64. The van der Waals surface area contributed by atoms with Crippen LogP contribution in [-0.2, 0) is 25.7 Å². The highest BCUT2D eigenvalue weighted by atomic mass is 79.9. The van der Waals surface area contributed by atoms with Crippen LogP contribution in [0.15, 0.2) is 19.7 Å². The molecule has 0 aliphatic rings. The van der Waals surface area contributed by atoms with Crippen molar-refractivity contribution in [3.05, 3.63) is 42.2 Å². The molecule has 0 saturated carbocycles. The van der Waals surface area contributed by atoms with Gasteiger partial charge in [0.25, 0.3) is 0 Å². The number of hydrogen-bond donors (Lipinski definition) is 0. The molecule has 0 radical (unpaired) electrons. The Kier molecular flexibility index (Phi) is 11.0. The first-order chi connectivity index (χ1) is 20.0. The monoisotopic (exact) mass is 732 g/mol. The van der Waals surface area contributed by atoms with E-state index >= 15 is 0 Å². The second-order valence-corrected chi connectivity index (χ2v) is 15.9. The van der Waals surface area contributed by atoms with E-state index in [2.05, 4.69) is 71.7 Å². The molecule has 5 rings (SSSR count). The molecule has 0 spiro atoms. The SMILES string of the molecule is CCCCCCc1nc2c(-c3cc(CC)c(Br)s3)c3nsnc3c(-c3cc(CC)c(Br)s3)c2nc1CCCCCC. The molecule has 41 heavy (non-hydrogen) atoms. The summed E-state index contributed by atoms with van der Waals surface area (Å²) in [6.45, 7) is 8.95. The van der Waals surface area contributed by atoms with Crippen LogP contribution in [0.25, 0.3) is 42.9 Å². The molecular weight excluding hydrogens is 696 g/mol. The molecule has 0 fully saturated rings. The maximum atomic E-state index is 5.54. The summed E-state index contributed by atoms with van der Waals surface area (Å²) in [5, 5.41) is 0. The fourth-order valence-electron chi connectivity index (χ4n) is 5.44. The highest BCUT2D eigenvalue weighted by Crippen LogP contribution is 2.47. The molecule has 9 heteroatoms. The maximum Gasteiger partial charge on any atom is 0.116 e. The van der Waals surface area contributed by atoms with E-state index in [0.717, 1.165) is 71.7 Å². The fraction of sp³-hybridized carbons (Fsp3) is 0.500. The molecule has 4 nitrogen and oxygen atoms in total. The Morgan fingerprint density at radius 2 is 1.02 bits per heavy atom. The van der Waals surface area contributed by atoms with Crippen molar-refractivity contribution in [1.29, 1.82) is 0 Å². The van der Waals surface area contributed by atoms with Crippen molar-refractivity contribution in [3.63, 3.8) is 0 Å². The van der Waals surface area contributed by atoms with Gasteiger partial charge in [0.2, 0.25) is 0 Å². The van der Waals surface area contributed by atoms with E-state index in [1.165, 1.54) is 90.1 Å². The van der Waals surface area contributed by atoms with Gasteiger partial charge in [0.1, 0.15) is 22.1 Å². The van der Waals surface area contributed by atoms with Crippen LogP contribution in [0.1, 0.15) is 102 Å². The largest absolute Gasteiger partial charge is 0.248 e. The van der Waals surface area contributed by atoms with Crippen LogP contribution >= 0.6 is 66.3 Å². The molecule has 0 bridgehead atoms. The van der Waals surface area contributed by atoms with E-state index in [1.807, 2.05) is 0 Å². The summed E-state index contributed by atoms with van der Waals surface area (Å²) >= 11 is 12.5. The Morgan fingerprint density at radius 3 is 1.39 bits per heavy atom. The lowest BCUT2D eigenvalue weighted by Gasteiger charge is -2.15. The minimum atomic E-state index is 0.943. The topological polar surface area (TPSA) is 51.6 Å². The van der Waals surface area contributed by atoms with Crippen molar-refractivity contribution in [2.45, 2.75) is 105 Å². The average molecular weight is 735 g/mol. The molecule has 0 atom stereocenters. The van der Waals surface area contributed by atoms with Crippen LogP contribution in [0.5, 0.6) is 0 Å². The highest BCUT2D eigenvalue weighted by Gasteiger charge is 2.26. The Labute approximate surface area is 273 Å². The van der Waals surface area contributed by atoms with Crippen molar-refractivity contribution in [1.82, 2.24) is 18.7 Å². The molecule has 1 aromatic carbocycles. The molecule has 0 unspecified atom stereocenters. The Hall–Kier alpha value is -1.26. The molecule has 5 aromatic rings. The lowest BCUT2D eigenvalue weighted by atomic mass is 9.99. The molecule has 4 heterocycles. The summed E-state index contributed by atoms with van der Waals surface area (Å²) in [5.41, 5.74) is 11.0. The van der Waals surface area contributed by atoms with Gasteiger partial charge in [-0.05, 0) is 93.6 Å². The quantitative estimate of drug-likeness (QED) is 0.107. The highest BCUT2D eigenvalue weighted by molar-refractivity contribution is 9.11. The molecule has 218 valence electrons. The molecule has 0 N–H and O–H groups in total. The van der Waals surface area contributed by atoms with Crippen LogP contribution in [0.3, 0.4) is 0 Å². The molecule has 4 aromatic heterocycles. The number of aromatic nitrogens is 4. The zero-order valence-corrected chi connectivity index (χ0v) is 30.0. The predicted octanol–water partition coefficient (Wildman–Crippen LogP) is 12.0. The van der Waals surface area contributed by atoms with E-state index in [-0.39, 0.29) is 0 Å². The Balaban J connectivity index is 1.80. The van der Waals surface area contributed by atoms with Gasteiger partial charge in [-0.2, -0.15) is 8.75 Å². The Bertz CT molecular complexity index is 1520. The van der Waals surface area contributed by atoms with Crippen LogP contribution in [-0.4, -0.2) is 18.7 Å². The van der Waals surface area contributed by atoms with E-state index in [0.29, 0.717) is 0 Å². The third-order valence-electron chi connectivity index (χ3n) is 7.79. The molecular formula is C32H38Br2N4S3. The van der Waals surface area contributed by atoms with Crippen molar-refractivity contribution in [2.75, 3.05) is 0 Å². The summed E-state index contributed by atoms with van der Waals surface area (Å²) in [5.74, 6) is 0. The van der Waals surface area contributed by atoms with Gasteiger partial charge in [0.15, 0.2) is 0 Å². The van der Waals surface area contributed by atoms with Crippen molar-refractivity contribution >= 4 is 88.3 Å². The fourth-order valence-corrected chi connectivity index (χ4v) is 9.89. The lowest BCUT2D eigenvalue weighted by molar-refractivity contribution is 0.639. The summed E-state index contributed by atoms with van der Waals surface area (Å²) in [7, 11) is 0. The van der Waals surface area contributed by atoms with Crippen LogP contribution < -0.4 is 0 Å². The molecule has 0 saturated heterocycles. The first-order valence-corrected chi connectivity index (χ1v) is 19.0. The second-order valence-electron chi connectivity index (χ2n) is 10.7. The van der Waals surface area contributed by atoms with Crippen LogP contribution in [0, 0.1) is 0 Å². The maximum absolute atomic E-state index is 5.54. The van der Waals surface area contributed by atoms with Gasteiger partial charge in [0.05, 0.1) is 30.7 Å². The third-order valence-corrected chi connectivity index (χ3v) is 12.3. The number of fused-ring (bicyclic) bond motifs is 2. The first kappa shape index (κ1) is 31.2. The van der Waals surface area contributed by atoms with Gasteiger partial charge < -0.3 is 0 Å². The second kappa shape index (κ2) is 14.5. The normalized spacial score (nSPS) is 11.9. The minimum Gasteiger partial charge on any atom is -0.248 e. The summed E-state index contributed by atoms with van der Waals surface area (Å²) in [4.78, 5) is 13.4. The van der Waals surface area contributed by atoms with Crippen LogP contribution in [0.2, 0.25) is 0 Å². The number of benzene rings is 1. The average Bonchev–Trinajstić information content (AvgIpc) is 3.70.